The third-order valence-electron chi connectivity index (χ3n) is 3.73. The molecule has 1 aliphatic rings. The molecule has 1 heterocycles. The van der Waals surface area contributed by atoms with Gasteiger partial charge in [-0.05, 0) is 51.0 Å². The highest BCUT2D eigenvalue weighted by molar-refractivity contribution is 6.33. The van der Waals surface area contributed by atoms with Gasteiger partial charge in [-0.3, -0.25) is 4.90 Å². The third-order valence-corrected chi connectivity index (χ3v) is 4.33. The highest BCUT2D eigenvalue weighted by atomic mass is 35.5. The summed E-state index contributed by atoms with van der Waals surface area (Å²) in [5.74, 6) is 0. The van der Waals surface area contributed by atoms with Gasteiger partial charge in [0, 0.05) is 42.8 Å². The van der Waals surface area contributed by atoms with Crippen LogP contribution in [0.4, 0.5) is 4.79 Å². The topological polar surface area (TPSA) is 32.8 Å². The van der Waals surface area contributed by atoms with Gasteiger partial charge in [0.15, 0.2) is 0 Å². The van der Waals surface area contributed by atoms with Crippen molar-refractivity contribution >= 4 is 29.3 Å². The molecule has 4 nitrogen and oxygen atoms in total. The number of hydrogen-bond donors (Lipinski definition) is 0. The van der Waals surface area contributed by atoms with Crippen LogP contribution in [0.15, 0.2) is 18.2 Å². The normalized spacial score (nSPS) is 16.5. The molecule has 2 rings (SSSR count). The molecule has 0 unspecified atom stereocenters. The van der Waals surface area contributed by atoms with Crippen LogP contribution in [-0.2, 0) is 11.2 Å². The predicted octanol–water partition coefficient (Wildman–Crippen LogP) is 4.09. The van der Waals surface area contributed by atoms with Crippen molar-refractivity contribution in [1.82, 2.24) is 9.80 Å². The van der Waals surface area contributed by atoms with Gasteiger partial charge in [-0.1, -0.05) is 23.2 Å². The van der Waals surface area contributed by atoms with Crippen molar-refractivity contribution in [1.29, 1.82) is 0 Å². The fourth-order valence-corrected chi connectivity index (χ4v) is 2.90. The largest absolute Gasteiger partial charge is 0.444 e. The highest BCUT2D eigenvalue weighted by Crippen LogP contribution is 2.21. The molecule has 0 aromatic heterocycles. The zero-order valence-corrected chi connectivity index (χ0v) is 15.5. The summed E-state index contributed by atoms with van der Waals surface area (Å²) in [4.78, 5) is 16.1. The smallest absolute Gasteiger partial charge is 0.410 e. The van der Waals surface area contributed by atoms with E-state index in [-0.39, 0.29) is 6.09 Å². The first-order valence-corrected chi connectivity index (χ1v) is 8.64. The summed E-state index contributed by atoms with van der Waals surface area (Å²) in [5, 5.41) is 1.46. The summed E-state index contributed by atoms with van der Waals surface area (Å²) in [6, 6.07) is 5.55. The summed E-state index contributed by atoms with van der Waals surface area (Å²) in [5.41, 5.74) is 0.617. The van der Waals surface area contributed by atoms with Gasteiger partial charge in [-0.25, -0.2) is 4.79 Å². The van der Waals surface area contributed by atoms with Gasteiger partial charge in [0.2, 0.25) is 0 Å². The molecule has 1 saturated heterocycles. The number of halogens is 2. The maximum Gasteiger partial charge on any atom is 0.410 e. The van der Waals surface area contributed by atoms with E-state index in [1.54, 1.807) is 11.0 Å². The van der Waals surface area contributed by atoms with Crippen LogP contribution in [0.2, 0.25) is 10.0 Å². The first kappa shape index (κ1) is 18.4. The second kappa shape index (κ2) is 7.73. The molecule has 23 heavy (non-hydrogen) atoms. The molecule has 0 spiro atoms. The van der Waals surface area contributed by atoms with E-state index in [9.17, 15) is 4.79 Å². The number of ether oxygens (including phenoxy) is 1. The minimum absolute atomic E-state index is 0.227. The fourth-order valence-electron chi connectivity index (χ4n) is 2.49. The van der Waals surface area contributed by atoms with E-state index < -0.39 is 5.60 Å². The molecule has 0 atom stereocenters. The average Bonchev–Trinajstić information content (AvgIpc) is 2.47. The number of carbonyl (C=O) groups excluding carboxylic acids is 1. The Morgan fingerprint density at radius 3 is 2.43 bits per heavy atom. The SMILES string of the molecule is CC(C)(C)OC(=O)N1CCN(CCc2cc(Cl)ccc2Cl)CC1. The second-order valence-corrected chi connectivity index (χ2v) is 7.64. The number of hydrogen-bond acceptors (Lipinski definition) is 3. The van der Waals surface area contributed by atoms with Crippen molar-refractivity contribution in [2.24, 2.45) is 0 Å². The van der Waals surface area contributed by atoms with E-state index in [4.69, 9.17) is 27.9 Å². The molecule has 1 fully saturated rings. The van der Waals surface area contributed by atoms with E-state index in [1.807, 2.05) is 32.9 Å². The van der Waals surface area contributed by atoms with Crippen LogP contribution in [0, 0.1) is 0 Å². The lowest BCUT2D eigenvalue weighted by Crippen LogP contribution is -2.50. The van der Waals surface area contributed by atoms with Crippen LogP contribution in [0.25, 0.3) is 0 Å². The molecule has 0 bridgehead atoms. The molecular formula is C17H24Cl2N2O2. The van der Waals surface area contributed by atoms with Gasteiger partial charge in [0.25, 0.3) is 0 Å². The zero-order valence-electron chi connectivity index (χ0n) is 13.9. The van der Waals surface area contributed by atoms with Crippen LogP contribution in [0.5, 0.6) is 0 Å². The summed E-state index contributed by atoms with van der Waals surface area (Å²) in [6.07, 6.45) is 0.626. The molecule has 0 saturated carbocycles. The van der Waals surface area contributed by atoms with E-state index in [2.05, 4.69) is 4.90 Å². The molecule has 0 radical (unpaired) electrons. The fraction of sp³-hybridized carbons (Fsp3) is 0.588. The van der Waals surface area contributed by atoms with Gasteiger partial charge < -0.3 is 9.64 Å². The number of benzene rings is 1. The molecule has 0 aliphatic carbocycles. The van der Waals surface area contributed by atoms with Crippen molar-refractivity contribution in [2.45, 2.75) is 32.8 Å². The molecule has 1 aromatic rings. The predicted molar refractivity (Wildman–Crippen MR) is 94.4 cm³/mol. The van der Waals surface area contributed by atoms with Crippen molar-refractivity contribution in [2.75, 3.05) is 32.7 Å². The molecular weight excluding hydrogens is 335 g/mol. The number of piperazine rings is 1. The number of amides is 1. The summed E-state index contributed by atoms with van der Waals surface area (Å²) in [6.45, 7) is 9.63. The lowest BCUT2D eigenvalue weighted by Gasteiger charge is -2.35. The third kappa shape index (κ3) is 5.87. The number of nitrogens with zero attached hydrogens (tertiary/aromatic N) is 2. The van der Waals surface area contributed by atoms with Gasteiger partial charge >= 0.3 is 6.09 Å². The first-order chi connectivity index (χ1) is 10.7. The Morgan fingerprint density at radius 2 is 1.83 bits per heavy atom. The van der Waals surface area contributed by atoms with Crippen LogP contribution < -0.4 is 0 Å². The molecule has 1 amide bonds. The minimum Gasteiger partial charge on any atom is -0.444 e. The Labute approximate surface area is 148 Å². The Kier molecular flexibility index (Phi) is 6.18. The van der Waals surface area contributed by atoms with Crippen LogP contribution >= 0.6 is 23.2 Å². The van der Waals surface area contributed by atoms with Crippen molar-refractivity contribution in [3.05, 3.63) is 33.8 Å². The van der Waals surface area contributed by atoms with E-state index in [0.29, 0.717) is 18.1 Å². The van der Waals surface area contributed by atoms with Gasteiger partial charge in [0.1, 0.15) is 5.60 Å². The van der Waals surface area contributed by atoms with Crippen molar-refractivity contribution < 1.29 is 9.53 Å². The number of rotatable bonds is 3. The maximum absolute atomic E-state index is 12.0. The number of carbonyl (C=O) groups is 1. The summed E-state index contributed by atoms with van der Waals surface area (Å²) >= 11 is 12.2. The monoisotopic (exact) mass is 358 g/mol. The van der Waals surface area contributed by atoms with Crippen molar-refractivity contribution in [3.63, 3.8) is 0 Å². The van der Waals surface area contributed by atoms with E-state index in [1.165, 1.54) is 0 Å². The Hall–Kier alpha value is -0.970. The molecule has 0 N–H and O–H groups in total. The van der Waals surface area contributed by atoms with Gasteiger partial charge in [-0.15, -0.1) is 0 Å². The Morgan fingerprint density at radius 1 is 1.17 bits per heavy atom. The van der Waals surface area contributed by atoms with Crippen LogP contribution in [0.3, 0.4) is 0 Å². The Balaban J connectivity index is 1.79. The van der Waals surface area contributed by atoms with Crippen molar-refractivity contribution in [3.8, 4) is 0 Å². The quantitative estimate of drug-likeness (QED) is 0.815. The molecule has 128 valence electrons. The maximum atomic E-state index is 12.0. The lowest BCUT2D eigenvalue weighted by atomic mass is 10.1. The minimum atomic E-state index is -0.447. The molecule has 6 heteroatoms. The lowest BCUT2D eigenvalue weighted by molar-refractivity contribution is 0.0146. The zero-order chi connectivity index (χ0) is 17.0. The van der Waals surface area contributed by atoms with Gasteiger partial charge in [0.05, 0.1) is 0 Å². The molecule has 1 aromatic carbocycles. The summed E-state index contributed by atoms with van der Waals surface area (Å²) in [7, 11) is 0. The van der Waals surface area contributed by atoms with Crippen LogP contribution in [-0.4, -0.2) is 54.2 Å². The second-order valence-electron chi connectivity index (χ2n) is 6.79. The van der Waals surface area contributed by atoms with Gasteiger partial charge in [-0.2, -0.15) is 0 Å². The van der Waals surface area contributed by atoms with E-state index in [0.717, 1.165) is 36.6 Å². The first-order valence-electron chi connectivity index (χ1n) is 7.89. The summed E-state index contributed by atoms with van der Waals surface area (Å²) < 4.78 is 5.41. The van der Waals surface area contributed by atoms with Crippen LogP contribution in [0.1, 0.15) is 26.3 Å². The Bertz CT molecular complexity index is 550. The standard InChI is InChI=1S/C17H24Cl2N2O2/c1-17(2,3)23-16(22)21-10-8-20(9-11-21)7-6-13-12-14(18)4-5-15(13)19/h4-5,12H,6-11H2,1-3H3. The van der Waals surface area contributed by atoms with E-state index >= 15 is 0 Å². The molecule has 1 aliphatic heterocycles. The average molecular weight is 359 g/mol. The highest BCUT2D eigenvalue weighted by Gasteiger charge is 2.25.